The van der Waals surface area contributed by atoms with E-state index in [1.807, 2.05) is 0 Å². The molecule has 0 radical (unpaired) electrons. The molecule has 0 aliphatic carbocycles. The second kappa shape index (κ2) is 8.85. The zero-order chi connectivity index (χ0) is 16.6. The van der Waals surface area contributed by atoms with Crippen molar-refractivity contribution in [2.75, 3.05) is 32.8 Å². The number of benzene rings is 1. The van der Waals surface area contributed by atoms with Gasteiger partial charge in [0.15, 0.2) is 5.96 Å². The summed E-state index contributed by atoms with van der Waals surface area (Å²) in [5, 5.41) is 3.39. The Kier molecular flexibility index (Phi) is 6.26. The molecule has 1 fully saturated rings. The first-order chi connectivity index (χ1) is 11.8. The molecule has 3 rings (SSSR count). The number of piperidine rings is 1. The van der Waals surface area contributed by atoms with Crippen molar-refractivity contribution >= 4 is 5.96 Å². The summed E-state index contributed by atoms with van der Waals surface area (Å²) < 4.78 is 5.30. The minimum absolute atomic E-state index is 0.435. The summed E-state index contributed by atoms with van der Waals surface area (Å²) in [6.45, 7) is 5.43. The van der Waals surface area contributed by atoms with E-state index in [-0.39, 0.29) is 0 Å². The van der Waals surface area contributed by atoms with Gasteiger partial charge in [-0.05, 0) is 30.4 Å². The van der Waals surface area contributed by atoms with Crippen molar-refractivity contribution in [3.05, 3.63) is 47.5 Å². The van der Waals surface area contributed by atoms with Crippen LogP contribution in [0.25, 0.3) is 0 Å². The van der Waals surface area contributed by atoms with Crippen molar-refractivity contribution in [2.24, 2.45) is 10.7 Å². The molecule has 0 bridgehead atoms. The molecule has 0 atom stereocenters. The van der Waals surface area contributed by atoms with Crippen LogP contribution >= 0.6 is 0 Å². The van der Waals surface area contributed by atoms with Crippen LogP contribution < -0.4 is 11.1 Å². The number of hydrogen-bond donors (Lipinski definition) is 2. The average molecular weight is 328 g/mol. The Balaban J connectivity index is 1.39. The Morgan fingerprint density at radius 1 is 1.25 bits per heavy atom. The highest BCUT2D eigenvalue weighted by Gasteiger charge is 2.19. The molecule has 2 aliphatic rings. The van der Waals surface area contributed by atoms with Crippen LogP contribution in [0.3, 0.4) is 0 Å². The van der Waals surface area contributed by atoms with Gasteiger partial charge < -0.3 is 15.8 Å². The van der Waals surface area contributed by atoms with Crippen molar-refractivity contribution in [2.45, 2.75) is 31.8 Å². The SMILES string of the molecule is NC(=NCC1=CCOCC1)NC1CCN(Cc2ccccc2)CC1. The Labute approximate surface area is 144 Å². The van der Waals surface area contributed by atoms with Gasteiger partial charge in [0.05, 0.1) is 19.8 Å². The molecule has 1 aromatic rings. The number of nitrogens with two attached hydrogens (primary N) is 1. The fourth-order valence-electron chi connectivity index (χ4n) is 3.23. The van der Waals surface area contributed by atoms with Crippen molar-refractivity contribution < 1.29 is 4.74 Å². The van der Waals surface area contributed by atoms with Crippen LogP contribution in [0.5, 0.6) is 0 Å². The monoisotopic (exact) mass is 328 g/mol. The van der Waals surface area contributed by atoms with E-state index in [9.17, 15) is 0 Å². The van der Waals surface area contributed by atoms with Crippen molar-refractivity contribution in [1.29, 1.82) is 0 Å². The van der Waals surface area contributed by atoms with Crippen LogP contribution in [-0.2, 0) is 11.3 Å². The number of nitrogens with one attached hydrogen (secondary N) is 1. The van der Waals surface area contributed by atoms with Crippen molar-refractivity contribution in [1.82, 2.24) is 10.2 Å². The van der Waals surface area contributed by atoms with Gasteiger partial charge in [0.25, 0.3) is 0 Å². The third kappa shape index (κ3) is 5.35. The molecule has 2 heterocycles. The van der Waals surface area contributed by atoms with Crippen LogP contribution in [0.15, 0.2) is 47.0 Å². The summed E-state index contributed by atoms with van der Waals surface area (Å²) in [7, 11) is 0. The third-order valence-electron chi connectivity index (χ3n) is 4.70. The molecular formula is C19H28N4O. The Morgan fingerprint density at radius 3 is 2.75 bits per heavy atom. The van der Waals surface area contributed by atoms with Gasteiger partial charge in [-0.2, -0.15) is 0 Å². The topological polar surface area (TPSA) is 62.9 Å². The second-order valence-corrected chi connectivity index (χ2v) is 6.57. The highest BCUT2D eigenvalue weighted by molar-refractivity contribution is 5.78. The number of hydrogen-bond acceptors (Lipinski definition) is 3. The molecule has 5 nitrogen and oxygen atoms in total. The molecule has 3 N–H and O–H groups in total. The molecule has 5 heteroatoms. The number of nitrogens with zero attached hydrogens (tertiary/aromatic N) is 2. The van der Waals surface area contributed by atoms with E-state index in [2.05, 4.69) is 51.6 Å². The zero-order valence-corrected chi connectivity index (χ0v) is 14.3. The minimum Gasteiger partial charge on any atom is -0.377 e. The number of ether oxygens (including phenoxy) is 1. The highest BCUT2D eigenvalue weighted by Crippen LogP contribution is 2.14. The number of guanidine groups is 1. The predicted molar refractivity (Wildman–Crippen MR) is 97.9 cm³/mol. The van der Waals surface area contributed by atoms with Gasteiger partial charge in [-0.1, -0.05) is 36.4 Å². The molecule has 0 spiro atoms. The van der Waals surface area contributed by atoms with Crippen LogP contribution in [0.2, 0.25) is 0 Å². The second-order valence-electron chi connectivity index (χ2n) is 6.57. The smallest absolute Gasteiger partial charge is 0.189 e. The number of rotatable bonds is 5. The molecule has 0 unspecified atom stereocenters. The van der Waals surface area contributed by atoms with E-state index in [4.69, 9.17) is 10.5 Å². The lowest BCUT2D eigenvalue weighted by Crippen LogP contribution is -2.46. The van der Waals surface area contributed by atoms with Crippen LogP contribution in [0, 0.1) is 0 Å². The summed E-state index contributed by atoms with van der Waals surface area (Å²) >= 11 is 0. The Hall–Kier alpha value is -1.85. The normalized spacial score (nSPS) is 20.7. The van der Waals surface area contributed by atoms with E-state index in [1.54, 1.807) is 0 Å². The quantitative estimate of drug-likeness (QED) is 0.492. The van der Waals surface area contributed by atoms with Crippen LogP contribution in [0.4, 0.5) is 0 Å². The summed E-state index contributed by atoms with van der Waals surface area (Å²) in [5.41, 5.74) is 8.75. The van der Waals surface area contributed by atoms with Gasteiger partial charge in [-0.15, -0.1) is 0 Å². The number of aliphatic imine (C=N–C) groups is 1. The first kappa shape index (κ1) is 17.0. The maximum atomic E-state index is 6.05. The molecular weight excluding hydrogens is 300 g/mol. The van der Waals surface area contributed by atoms with E-state index in [0.717, 1.165) is 45.5 Å². The highest BCUT2D eigenvalue weighted by atomic mass is 16.5. The first-order valence-corrected chi connectivity index (χ1v) is 8.88. The molecule has 0 saturated carbocycles. The summed E-state index contributed by atoms with van der Waals surface area (Å²) in [6.07, 6.45) is 5.30. The van der Waals surface area contributed by atoms with Crippen LogP contribution in [-0.4, -0.2) is 49.7 Å². The molecule has 0 amide bonds. The van der Waals surface area contributed by atoms with E-state index in [1.165, 1.54) is 11.1 Å². The largest absolute Gasteiger partial charge is 0.377 e. The lowest BCUT2D eigenvalue weighted by atomic mass is 10.0. The lowest BCUT2D eigenvalue weighted by Gasteiger charge is -2.32. The van der Waals surface area contributed by atoms with Crippen LogP contribution in [0.1, 0.15) is 24.8 Å². The maximum absolute atomic E-state index is 6.05. The Morgan fingerprint density at radius 2 is 2.04 bits per heavy atom. The zero-order valence-electron chi connectivity index (χ0n) is 14.3. The van der Waals surface area contributed by atoms with Gasteiger partial charge in [-0.3, -0.25) is 4.90 Å². The molecule has 1 aromatic carbocycles. The molecule has 24 heavy (non-hydrogen) atoms. The summed E-state index contributed by atoms with van der Waals surface area (Å²) in [5.74, 6) is 0.573. The van der Waals surface area contributed by atoms with Gasteiger partial charge >= 0.3 is 0 Å². The fraction of sp³-hybridized carbons (Fsp3) is 0.526. The van der Waals surface area contributed by atoms with Gasteiger partial charge in [0.2, 0.25) is 0 Å². The lowest BCUT2D eigenvalue weighted by molar-refractivity contribution is 0.154. The standard InChI is InChI=1S/C19H28N4O/c20-19(21-14-16-8-12-24-13-9-16)22-18-6-10-23(11-7-18)15-17-4-2-1-3-5-17/h1-5,8,18H,6-7,9-15H2,(H3,20,21,22). The molecule has 130 valence electrons. The molecule has 0 aromatic heterocycles. The summed E-state index contributed by atoms with van der Waals surface area (Å²) in [4.78, 5) is 6.98. The average Bonchev–Trinajstić information content (AvgIpc) is 2.63. The van der Waals surface area contributed by atoms with E-state index < -0.39 is 0 Å². The predicted octanol–water partition coefficient (Wildman–Crippen LogP) is 1.90. The molecule has 2 aliphatic heterocycles. The first-order valence-electron chi connectivity index (χ1n) is 8.88. The van der Waals surface area contributed by atoms with Gasteiger partial charge in [0, 0.05) is 25.7 Å². The van der Waals surface area contributed by atoms with Gasteiger partial charge in [-0.25, -0.2) is 4.99 Å². The van der Waals surface area contributed by atoms with Crippen molar-refractivity contribution in [3.63, 3.8) is 0 Å². The van der Waals surface area contributed by atoms with Gasteiger partial charge in [0.1, 0.15) is 0 Å². The third-order valence-corrected chi connectivity index (χ3v) is 4.70. The molecule has 1 saturated heterocycles. The fourth-order valence-corrected chi connectivity index (χ4v) is 3.23. The Bertz CT molecular complexity index is 562. The summed E-state index contributed by atoms with van der Waals surface area (Å²) in [6, 6.07) is 11.1. The van der Waals surface area contributed by atoms with E-state index >= 15 is 0 Å². The minimum atomic E-state index is 0.435. The van der Waals surface area contributed by atoms with Crippen molar-refractivity contribution in [3.8, 4) is 0 Å². The van der Waals surface area contributed by atoms with E-state index in [0.29, 0.717) is 25.2 Å². The maximum Gasteiger partial charge on any atom is 0.189 e. The number of likely N-dealkylation sites (tertiary alicyclic amines) is 1.